The number of carbonyl (C=O) groups is 1. The van der Waals surface area contributed by atoms with E-state index >= 15 is 0 Å². The SMILES string of the molecule is CC(=O)N1Cc2ccccc2SC=C1c1ccccc1. The Kier molecular flexibility index (Phi) is 3.61. The van der Waals surface area contributed by atoms with Gasteiger partial charge in [-0.25, -0.2) is 0 Å². The van der Waals surface area contributed by atoms with Crippen molar-refractivity contribution in [2.24, 2.45) is 0 Å². The molecule has 0 atom stereocenters. The van der Waals surface area contributed by atoms with Crippen LogP contribution < -0.4 is 0 Å². The van der Waals surface area contributed by atoms with Gasteiger partial charge in [0.15, 0.2) is 0 Å². The van der Waals surface area contributed by atoms with Crippen molar-refractivity contribution in [2.45, 2.75) is 18.4 Å². The van der Waals surface area contributed by atoms with Crippen LogP contribution in [0, 0.1) is 0 Å². The molecule has 0 unspecified atom stereocenters. The van der Waals surface area contributed by atoms with Crippen molar-refractivity contribution >= 4 is 23.4 Å². The van der Waals surface area contributed by atoms with E-state index in [1.807, 2.05) is 47.4 Å². The van der Waals surface area contributed by atoms with E-state index in [1.54, 1.807) is 18.7 Å². The van der Waals surface area contributed by atoms with E-state index in [1.165, 1.54) is 10.5 Å². The van der Waals surface area contributed by atoms with Gasteiger partial charge in [0.2, 0.25) is 5.91 Å². The van der Waals surface area contributed by atoms with Crippen LogP contribution in [0.25, 0.3) is 5.70 Å². The Bertz CT molecular complexity index is 664. The first-order valence-electron chi connectivity index (χ1n) is 6.54. The average Bonchev–Trinajstić information content (AvgIpc) is 2.68. The maximum Gasteiger partial charge on any atom is 0.224 e. The molecule has 3 heteroatoms. The van der Waals surface area contributed by atoms with Gasteiger partial charge < -0.3 is 4.90 Å². The molecule has 1 aliphatic heterocycles. The highest BCUT2D eigenvalue weighted by Crippen LogP contribution is 2.34. The van der Waals surface area contributed by atoms with Crippen LogP contribution in [-0.4, -0.2) is 10.8 Å². The highest BCUT2D eigenvalue weighted by atomic mass is 32.2. The molecule has 0 bridgehead atoms. The predicted molar refractivity (Wildman–Crippen MR) is 82.9 cm³/mol. The molecule has 0 fully saturated rings. The van der Waals surface area contributed by atoms with Crippen molar-refractivity contribution in [1.82, 2.24) is 4.90 Å². The minimum absolute atomic E-state index is 0.0670. The molecule has 0 saturated carbocycles. The Morgan fingerprint density at radius 3 is 2.50 bits per heavy atom. The quantitative estimate of drug-likeness (QED) is 0.783. The van der Waals surface area contributed by atoms with Crippen LogP contribution in [0.15, 0.2) is 64.9 Å². The Morgan fingerprint density at radius 1 is 1.05 bits per heavy atom. The molecule has 1 aliphatic rings. The average molecular weight is 281 g/mol. The van der Waals surface area contributed by atoms with Gasteiger partial charge in [-0.2, -0.15) is 0 Å². The minimum Gasteiger partial charge on any atom is -0.307 e. The van der Waals surface area contributed by atoms with Gasteiger partial charge in [-0.1, -0.05) is 60.3 Å². The molecule has 1 heterocycles. The number of hydrogen-bond donors (Lipinski definition) is 0. The van der Waals surface area contributed by atoms with Crippen LogP contribution in [0.1, 0.15) is 18.1 Å². The number of thioether (sulfide) groups is 1. The number of amides is 1. The number of nitrogens with zero attached hydrogens (tertiary/aromatic N) is 1. The summed E-state index contributed by atoms with van der Waals surface area (Å²) in [5.41, 5.74) is 3.23. The van der Waals surface area contributed by atoms with Crippen molar-refractivity contribution in [3.8, 4) is 0 Å². The minimum atomic E-state index is 0.0670. The second-order valence-corrected chi connectivity index (χ2v) is 5.61. The molecule has 2 aromatic carbocycles. The third-order valence-electron chi connectivity index (χ3n) is 3.34. The second kappa shape index (κ2) is 5.55. The van der Waals surface area contributed by atoms with Crippen molar-refractivity contribution in [2.75, 3.05) is 0 Å². The lowest BCUT2D eigenvalue weighted by Gasteiger charge is -2.23. The predicted octanol–water partition coefficient (Wildman–Crippen LogP) is 4.14. The number of carbonyl (C=O) groups excluding carboxylic acids is 1. The van der Waals surface area contributed by atoms with Gasteiger partial charge in [-0.15, -0.1) is 0 Å². The van der Waals surface area contributed by atoms with E-state index in [0.717, 1.165) is 11.3 Å². The maximum absolute atomic E-state index is 12.0. The fourth-order valence-electron chi connectivity index (χ4n) is 2.30. The Hall–Kier alpha value is -2.00. The summed E-state index contributed by atoms with van der Waals surface area (Å²) in [6, 6.07) is 18.3. The molecule has 3 rings (SSSR count). The van der Waals surface area contributed by atoms with Gasteiger partial charge >= 0.3 is 0 Å². The molecule has 0 aromatic heterocycles. The van der Waals surface area contributed by atoms with Crippen LogP contribution in [0.4, 0.5) is 0 Å². The summed E-state index contributed by atoms with van der Waals surface area (Å²) >= 11 is 1.68. The first-order valence-corrected chi connectivity index (χ1v) is 7.42. The van der Waals surface area contributed by atoms with Crippen LogP contribution in [0.3, 0.4) is 0 Å². The molecule has 2 aromatic rings. The third-order valence-corrected chi connectivity index (χ3v) is 4.33. The molecule has 0 aliphatic carbocycles. The van der Waals surface area contributed by atoms with Crippen molar-refractivity contribution in [3.05, 3.63) is 71.1 Å². The fraction of sp³-hybridized carbons (Fsp3) is 0.118. The molecule has 1 amide bonds. The molecule has 0 N–H and O–H groups in total. The van der Waals surface area contributed by atoms with Crippen LogP contribution >= 0.6 is 11.8 Å². The lowest BCUT2D eigenvalue weighted by atomic mass is 10.1. The summed E-state index contributed by atoms with van der Waals surface area (Å²) in [6.07, 6.45) is 0. The molecule has 0 saturated heterocycles. The van der Waals surface area contributed by atoms with Crippen LogP contribution in [0.2, 0.25) is 0 Å². The van der Waals surface area contributed by atoms with Gasteiger partial charge in [-0.05, 0) is 17.2 Å². The van der Waals surface area contributed by atoms with Gasteiger partial charge in [0.05, 0.1) is 12.2 Å². The van der Waals surface area contributed by atoms with Gasteiger partial charge in [0.1, 0.15) is 0 Å². The molecule has 2 nitrogen and oxygen atoms in total. The molecular weight excluding hydrogens is 266 g/mol. The zero-order chi connectivity index (χ0) is 13.9. The normalized spacial score (nSPS) is 14.2. The summed E-state index contributed by atoms with van der Waals surface area (Å²) in [4.78, 5) is 15.1. The first-order chi connectivity index (χ1) is 9.75. The van der Waals surface area contributed by atoms with E-state index in [2.05, 4.69) is 17.5 Å². The third kappa shape index (κ3) is 2.49. The summed E-state index contributed by atoms with van der Waals surface area (Å²) in [6.45, 7) is 2.24. The highest BCUT2D eigenvalue weighted by Gasteiger charge is 2.20. The maximum atomic E-state index is 12.0. The lowest BCUT2D eigenvalue weighted by molar-refractivity contribution is -0.126. The van der Waals surface area contributed by atoms with Gasteiger partial charge in [0, 0.05) is 17.2 Å². The summed E-state index contributed by atoms with van der Waals surface area (Å²) in [5.74, 6) is 0.0670. The number of fused-ring (bicyclic) bond motifs is 1. The largest absolute Gasteiger partial charge is 0.307 e. The Labute approximate surface area is 123 Å². The van der Waals surface area contributed by atoms with E-state index in [9.17, 15) is 4.79 Å². The van der Waals surface area contributed by atoms with E-state index in [0.29, 0.717) is 6.54 Å². The molecule has 0 spiro atoms. The Balaban J connectivity index is 2.06. The zero-order valence-electron chi connectivity index (χ0n) is 11.2. The monoisotopic (exact) mass is 281 g/mol. The van der Waals surface area contributed by atoms with Gasteiger partial charge in [0.25, 0.3) is 0 Å². The second-order valence-electron chi connectivity index (χ2n) is 4.70. The molecule has 0 radical (unpaired) electrons. The summed E-state index contributed by atoms with van der Waals surface area (Å²) in [5, 5.41) is 2.07. The lowest BCUT2D eigenvalue weighted by Crippen LogP contribution is -2.26. The van der Waals surface area contributed by atoms with Crippen molar-refractivity contribution < 1.29 is 4.79 Å². The first kappa shape index (κ1) is 13.0. The number of hydrogen-bond acceptors (Lipinski definition) is 2. The van der Waals surface area contributed by atoms with Gasteiger partial charge in [-0.3, -0.25) is 4.79 Å². The van der Waals surface area contributed by atoms with Crippen molar-refractivity contribution in [3.63, 3.8) is 0 Å². The topological polar surface area (TPSA) is 20.3 Å². The molecule has 100 valence electrons. The molecule has 20 heavy (non-hydrogen) atoms. The fourth-order valence-corrected chi connectivity index (χ4v) is 3.24. The Morgan fingerprint density at radius 2 is 1.75 bits per heavy atom. The van der Waals surface area contributed by atoms with E-state index < -0.39 is 0 Å². The highest BCUT2D eigenvalue weighted by molar-refractivity contribution is 8.02. The number of rotatable bonds is 1. The standard InChI is InChI=1S/C17H15NOS/c1-13(19)18-11-15-9-5-6-10-17(15)20-12-16(18)14-7-3-2-4-8-14/h2-10,12H,11H2,1H3. The smallest absolute Gasteiger partial charge is 0.224 e. The summed E-state index contributed by atoms with van der Waals surface area (Å²) in [7, 11) is 0. The number of benzene rings is 2. The molecular formula is C17H15NOS. The van der Waals surface area contributed by atoms with Crippen molar-refractivity contribution in [1.29, 1.82) is 0 Å². The summed E-state index contributed by atoms with van der Waals surface area (Å²) < 4.78 is 0. The van der Waals surface area contributed by atoms with E-state index in [4.69, 9.17) is 0 Å². The van der Waals surface area contributed by atoms with Crippen LogP contribution in [0.5, 0.6) is 0 Å². The van der Waals surface area contributed by atoms with E-state index in [-0.39, 0.29) is 5.91 Å². The van der Waals surface area contributed by atoms with Crippen LogP contribution in [-0.2, 0) is 11.3 Å². The zero-order valence-corrected chi connectivity index (χ0v) is 12.1.